The van der Waals surface area contributed by atoms with E-state index in [2.05, 4.69) is 53.8 Å². The van der Waals surface area contributed by atoms with Gasteiger partial charge >= 0.3 is 0 Å². The number of piperidine rings is 1. The number of hydrogen-bond acceptors (Lipinski definition) is 3. The lowest BCUT2D eigenvalue weighted by molar-refractivity contribution is -0.123. The van der Waals surface area contributed by atoms with Crippen LogP contribution in [0, 0.1) is 5.92 Å². The third-order valence-electron chi connectivity index (χ3n) is 5.33. The number of benzene rings is 1. The highest BCUT2D eigenvalue weighted by Crippen LogP contribution is 2.32. The summed E-state index contributed by atoms with van der Waals surface area (Å²) in [5.74, 6) is 0.792. The summed E-state index contributed by atoms with van der Waals surface area (Å²) in [6.45, 7) is 3.89. The second-order valence-corrected chi connectivity index (χ2v) is 7.83. The summed E-state index contributed by atoms with van der Waals surface area (Å²) >= 11 is 0. The molecule has 2 heterocycles. The minimum Gasteiger partial charge on any atom is -0.352 e. The van der Waals surface area contributed by atoms with Crippen LogP contribution >= 0.6 is 12.4 Å². The molecule has 2 aliphatic heterocycles. The van der Waals surface area contributed by atoms with E-state index in [0.717, 1.165) is 13.1 Å². The van der Waals surface area contributed by atoms with Crippen LogP contribution in [-0.2, 0) is 11.3 Å². The Kier molecular flexibility index (Phi) is 7.73. The second kappa shape index (κ2) is 9.56. The maximum atomic E-state index is 12.3. The molecule has 2 aliphatic rings. The second-order valence-electron chi connectivity index (χ2n) is 7.83. The minimum atomic E-state index is 0. The first-order valence-corrected chi connectivity index (χ1v) is 9.36. The quantitative estimate of drug-likeness (QED) is 0.780. The molecule has 2 bridgehead atoms. The number of fused-ring (bicyclic) bond motifs is 2. The zero-order valence-corrected chi connectivity index (χ0v) is 16.2. The molecule has 3 atom stereocenters. The molecule has 0 aromatic heterocycles. The Morgan fingerprint density at radius 1 is 1.24 bits per heavy atom. The topological polar surface area (TPSA) is 44.4 Å². The summed E-state index contributed by atoms with van der Waals surface area (Å²) < 4.78 is 0. The largest absolute Gasteiger partial charge is 0.352 e. The highest BCUT2D eigenvalue weighted by molar-refractivity contribution is 5.85. The van der Waals surface area contributed by atoms with Crippen molar-refractivity contribution in [2.45, 2.75) is 63.7 Å². The van der Waals surface area contributed by atoms with Crippen LogP contribution in [0.1, 0.15) is 44.6 Å². The van der Waals surface area contributed by atoms with Crippen LogP contribution in [0.5, 0.6) is 0 Å². The van der Waals surface area contributed by atoms with Gasteiger partial charge in [-0.3, -0.25) is 4.79 Å². The maximum absolute atomic E-state index is 12.3. The summed E-state index contributed by atoms with van der Waals surface area (Å²) in [4.78, 5) is 14.6. The smallest absolute Gasteiger partial charge is 0.220 e. The predicted molar refractivity (Wildman–Crippen MR) is 105 cm³/mol. The molecule has 1 amide bonds. The van der Waals surface area contributed by atoms with E-state index < -0.39 is 0 Å². The van der Waals surface area contributed by atoms with Crippen LogP contribution in [0.2, 0.25) is 0 Å². The normalized spacial score (nSPS) is 26.1. The Hall–Kier alpha value is -1.10. The fraction of sp³-hybridized carbons (Fsp3) is 0.650. The molecule has 2 fully saturated rings. The van der Waals surface area contributed by atoms with Crippen LogP contribution < -0.4 is 10.6 Å². The lowest BCUT2D eigenvalue weighted by atomic mass is 9.89. The van der Waals surface area contributed by atoms with E-state index in [1.165, 1.54) is 31.2 Å². The van der Waals surface area contributed by atoms with Crippen molar-refractivity contribution in [2.75, 3.05) is 13.6 Å². The number of amides is 1. The molecule has 5 heteroatoms. The number of likely N-dealkylation sites (N-methyl/N-ethyl adjacent to an activating group) is 1. The molecule has 2 saturated heterocycles. The van der Waals surface area contributed by atoms with E-state index in [-0.39, 0.29) is 24.4 Å². The van der Waals surface area contributed by atoms with Gasteiger partial charge in [0.25, 0.3) is 0 Å². The number of nitrogens with one attached hydrogen (secondary N) is 2. The van der Waals surface area contributed by atoms with Crippen molar-refractivity contribution in [2.24, 2.45) is 5.92 Å². The monoisotopic (exact) mass is 365 g/mol. The Morgan fingerprint density at radius 3 is 2.52 bits per heavy atom. The highest BCUT2D eigenvalue weighted by Gasteiger charge is 2.34. The molecular weight excluding hydrogens is 334 g/mol. The van der Waals surface area contributed by atoms with Gasteiger partial charge in [-0.15, -0.1) is 12.4 Å². The molecule has 25 heavy (non-hydrogen) atoms. The number of carbonyl (C=O) groups excluding carboxylic acids is 1. The van der Waals surface area contributed by atoms with Gasteiger partial charge in [0.2, 0.25) is 5.91 Å². The molecule has 1 aromatic rings. The van der Waals surface area contributed by atoms with E-state index in [9.17, 15) is 4.79 Å². The molecule has 0 spiro atoms. The molecule has 3 unspecified atom stereocenters. The first kappa shape index (κ1) is 20.2. The van der Waals surface area contributed by atoms with Crippen LogP contribution in [0.25, 0.3) is 0 Å². The average Bonchev–Trinajstić information content (AvgIpc) is 2.86. The molecule has 2 N–H and O–H groups in total. The first-order valence-electron chi connectivity index (χ1n) is 9.36. The zero-order chi connectivity index (χ0) is 16.9. The molecule has 0 aliphatic carbocycles. The third-order valence-corrected chi connectivity index (χ3v) is 5.33. The Labute approximate surface area is 158 Å². The maximum Gasteiger partial charge on any atom is 0.220 e. The Balaban J connectivity index is 0.00000225. The SMILES string of the molecule is CC(CN(C)Cc1ccccc1)NC(=O)CC1CC2CCC(C1)N2.Cl. The average molecular weight is 366 g/mol. The van der Waals surface area contributed by atoms with Crippen molar-refractivity contribution in [3.05, 3.63) is 35.9 Å². The van der Waals surface area contributed by atoms with E-state index in [1.807, 2.05) is 6.07 Å². The summed E-state index contributed by atoms with van der Waals surface area (Å²) in [5, 5.41) is 6.84. The van der Waals surface area contributed by atoms with E-state index in [0.29, 0.717) is 24.4 Å². The van der Waals surface area contributed by atoms with Crippen molar-refractivity contribution in [3.8, 4) is 0 Å². The predicted octanol–water partition coefficient (Wildman–Crippen LogP) is 2.97. The van der Waals surface area contributed by atoms with Gasteiger partial charge < -0.3 is 15.5 Å². The number of nitrogens with zero attached hydrogens (tertiary/aromatic N) is 1. The van der Waals surface area contributed by atoms with Gasteiger partial charge in [-0.05, 0) is 51.1 Å². The highest BCUT2D eigenvalue weighted by atomic mass is 35.5. The van der Waals surface area contributed by atoms with Crippen LogP contribution in [0.15, 0.2) is 30.3 Å². The van der Waals surface area contributed by atoms with Crippen molar-refractivity contribution in [3.63, 3.8) is 0 Å². The molecule has 4 nitrogen and oxygen atoms in total. The summed E-state index contributed by atoms with van der Waals surface area (Å²) in [6, 6.07) is 12.0. The fourth-order valence-corrected chi connectivity index (χ4v) is 4.41. The van der Waals surface area contributed by atoms with Gasteiger partial charge in [-0.1, -0.05) is 30.3 Å². The van der Waals surface area contributed by atoms with Gasteiger partial charge in [0.1, 0.15) is 0 Å². The lowest BCUT2D eigenvalue weighted by Crippen LogP contribution is -2.43. The Morgan fingerprint density at radius 2 is 1.88 bits per heavy atom. The van der Waals surface area contributed by atoms with Gasteiger partial charge in [0, 0.05) is 37.6 Å². The van der Waals surface area contributed by atoms with E-state index in [4.69, 9.17) is 0 Å². The van der Waals surface area contributed by atoms with Crippen molar-refractivity contribution in [1.29, 1.82) is 0 Å². The van der Waals surface area contributed by atoms with Crippen molar-refractivity contribution < 1.29 is 4.79 Å². The van der Waals surface area contributed by atoms with Crippen molar-refractivity contribution in [1.82, 2.24) is 15.5 Å². The minimum absolute atomic E-state index is 0. The summed E-state index contributed by atoms with van der Waals surface area (Å²) in [6.07, 6.45) is 5.63. The van der Waals surface area contributed by atoms with Crippen molar-refractivity contribution >= 4 is 18.3 Å². The first-order chi connectivity index (χ1) is 11.6. The van der Waals surface area contributed by atoms with Gasteiger partial charge in [0.05, 0.1) is 0 Å². The fourth-order valence-electron chi connectivity index (χ4n) is 4.41. The summed E-state index contributed by atoms with van der Waals surface area (Å²) in [7, 11) is 2.11. The van der Waals surface area contributed by atoms with Gasteiger partial charge in [-0.25, -0.2) is 0 Å². The third kappa shape index (κ3) is 6.28. The summed E-state index contributed by atoms with van der Waals surface area (Å²) in [5.41, 5.74) is 1.31. The standard InChI is InChI=1S/C20H31N3O.ClH/c1-15(13-23(2)14-16-6-4-3-5-7-16)21-20(24)12-17-10-18-8-9-19(11-17)22-18;/h3-7,15,17-19,22H,8-14H2,1-2H3,(H,21,24);1H. The van der Waals surface area contributed by atoms with E-state index >= 15 is 0 Å². The van der Waals surface area contributed by atoms with Gasteiger partial charge in [0.15, 0.2) is 0 Å². The van der Waals surface area contributed by atoms with Crippen LogP contribution in [0.3, 0.4) is 0 Å². The number of halogens is 1. The number of hydrogen-bond donors (Lipinski definition) is 2. The van der Waals surface area contributed by atoms with Crippen LogP contribution in [-0.4, -0.2) is 42.5 Å². The number of carbonyl (C=O) groups is 1. The Bertz CT molecular complexity index is 527. The van der Waals surface area contributed by atoms with Crippen LogP contribution in [0.4, 0.5) is 0 Å². The lowest BCUT2D eigenvalue weighted by Gasteiger charge is -2.29. The molecule has 1 aromatic carbocycles. The van der Waals surface area contributed by atoms with Gasteiger partial charge in [-0.2, -0.15) is 0 Å². The molecular formula is C20H32ClN3O. The molecule has 0 radical (unpaired) electrons. The zero-order valence-electron chi connectivity index (χ0n) is 15.4. The van der Waals surface area contributed by atoms with E-state index in [1.54, 1.807) is 0 Å². The molecule has 140 valence electrons. The molecule has 3 rings (SSSR count). The molecule has 0 saturated carbocycles. The number of rotatable bonds is 7.